The zero-order chi connectivity index (χ0) is 11.2. The Hall–Kier alpha value is -1.67. The summed E-state index contributed by atoms with van der Waals surface area (Å²) in [6.45, 7) is -0.198. The fraction of sp³-hybridized carbons (Fsp3) is 0.143. The van der Waals surface area contributed by atoms with E-state index < -0.39 is 22.0 Å². The molecule has 0 amide bonds. The van der Waals surface area contributed by atoms with Crippen molar-refractivity contribution >= 4 is 22.0 Å². The number of hydrogen-bond acceptors (Lipinski definition) is 5. The van der Waals surface area contributed by atoms with Crippen LogP contribution in [0.4, 0.5) is 0 Å². The lowest BCUT2D eigenvalue weighted by Gasteiger charge is -2.11. The van der Waals surface area contributed by atoms with Crippen LogP contribution in [0.2, 0.25) is 0 Å². The van der Waals surface area contributed by atoms with Gasteiger partial charge in [0.25, 0.3) is 0 Å². The molecule has 2 rings (SSSR count). The van der Waals surface area contributed by atoms with Gasteiger partial charge in [-0.2, -0.15) is 0 Å². The Kier molecular flexibility index (Phi) is 1.91. The largest absolute Gasteiger partial charge is 0.387 e. The van der Waals surface area contributed by atoms with E-state index in [2.05, 4.69) is 4.74 Å². The van der Waals surface area contributed by atoms with Crippen LogP contribution in [0.15, 0.2) is 17.2 Å². The number of ether oxygens (including phenoxy) is 1. The van der Waals surface area contributed by atoms with E-state index >= 15 is 0 Å². The minimum Gasteiger partial charge on any atom is -0.387 e. The molecule has 7 nitrogen and oxygen atoms in total. The first-order chi connectivity index (χ1) is 6.88. The van der Waals surface area contributed by atoms with Crippen LogP contribution in [-0.4, -0.2) is 24.9 Å². The molecule has 0 saturated heterocycles. The van der Waals surface area contributed by atoms with Crippen molar-refractivity contribution in [3.05, 3.63) is 18.0 Å². The van der Waals surface area contributed by atoms with E-state index in [9.17, 15) is 18.0 Å². The molecule has 0 unspecified atom stereocenters. The molecule has 0 saturated carbocycles. The van der Waals surface area contributed by atoms with Crippen molar-refractivity contribution in [2.24, 2.45) is 5.14 Å². The van der Waals surface area contributed by atoms with Crippen molar-refractivity contribution in [1.29, 1.82) is 0 Å². The number of hydrogen-bond donors (Lipinski definition) is 1. The van der Waals surface area contributed by atoms with Gasteiger partial charge in [0, 0.05) is 6.20 Å². The number of carbonyl (C=O) groups is 2. The van der Waals surface area contributed by atoms with Crippen molar-refractivity contribution in [1.82, 2.24) is 4.57 Å². The van der Waals surface area contributed by atoms with Crippen molar-refractivity contribution in [3.63, 3.8) is 0 Å². The van der Waals surface area contributed by atoms with Gasteiger partial charge in [0.1, 0.15) is 17.1 Å². The normalized spacial score (nSPS) is 16.1. The summed E-state index contributed by atoms with van der Waals surface area (Å²) in [5.41, 5.74) is -0.00127. The molecule has 1 aromatic rings. The van der Waals surface area contributed by atoms with Gasteiger partial charge in [-0.1, -0.05) is 0 Å². The Labute approximate surface area is 84.5 Å². The van der Waals surface area contributed by atoms with E-state index in [4.69, 9.17) is 5.14 Å². The predicted octanol–water partition coefficient (Wildman–Crippen LogP) is -1.17. The maximum absolute atomic E-state index is 11.1. The summed E-state index contributed by atoms with van der Waals surface area (Å²) in [6, 6.07) is 1.07. The summed E-state index contributed by atoms with van der Waals surface area (Å²) in [7, 11) is -3.88. The number of primary sulfonamides is 1. The van der Waals surface area contributed by atoms with E-state index in [1.165, 1.54) is 4.57 Å². The zero-order valence-corrected chi connectivity index (χ0v) is 8.15. The molecule has 2 heterocycles. The average Bonchev–Trinajstić information content (AvgIpc) is 2.46. The predicted molar refractivity (Wildman–Crippen MR) is 46.2 cm³/mol. The Morgan fingerprint density at radius 1 is 1.40 bits per heavy atom. The number of sulfonamides is 1. The Bertz CT molecular complexity index is 556. The van der Waals surface area contributed by atoms with Gasteiger partial charge in [-0.15, -0.1) is 0 Å². The lowest BCUT2D eigenvalue weighted by atomic mass is 10.4. The van der Waals surface area contributed by atoms with Gasteiger partial charge < -0.3 is 9.30 Å². The molecular formula is C7H6N2O5S. The first-order valence-corrected chi connectivity index (χ1v) is 5.40. The molecule has 8 heteroatoms. The second-order valence-electron chi connectivity index (χ2n) is 3.00. The highest BCUT2D eigenvalue weighted by molar-refractivity contribution is 7.89. The molecule has 2 N–H and O–H groups in total. The van der Waals surface area contributed by atoms with Crippen LogP contribution in [0.5, 0.6) is 0 Å². The maximum atomic E-state index is 11.1. The molecule has 1 aliphatic heterocycles. The molecule has 0 aromatic carbocycles. The van der Waals surface area contributed by atoms with Crippen LogP contribution >= 0.6 is 0 Å². The number of rotatable bonds is 1. The maximum Gasteiger partial charge on any atom is 0.362 e. The first kappa shape index (κ1) is 9.87. The fourth-order valence-corrected chi connectivity index (χ4v) is 1.82. The second-order valence-corrected chi connectivity index (χ2v) is 4.56. The number of nitrogens with zero attached hydrogens (tertiary/aromatic N) is 1. The molecule has 1 aromatic heterocycles. The van der Waals surface area contributed by atoms with Crippen LogP contribution in [0.1, 0.15) is 10.5 Å². The van der Waals surface area contributed by atoms with Gasteiger partial charge >= 0.3 is 11.9 Å². The fourth-order valence-electron chi connectivity index (χ4n) is 1.27. The number of aromatic nitrogens is 1. The molecule has 15 heavy (non-hydrogen) atoms. The molecule has 0 aliphatic carbocycles. The Morgan fingerprint density at radius 3 is 2.67 bits per heavy atom. The number of fused-ring (bicyclic) bond motifs is 1. The van der Waals surface area contributed by atoms with E-state index in [1.807, 2.05) is 0 Å². The average molecular weight is 230 g/mol. The number of cyclic esters (lactones) is 2. The standard InChI is InChI=1S/C7H6N2O5S/c8-15(12,13)4-1-5-7(11)14-6(10)3-9(5)2-4/h1-2H,3H2,(H2,8,12,13). The third-order valence-electron chi connectivity index (χ3n) is 1.92. The minimum atomic E-state index is -3.88. The topological polar surface area (TPSA) is 108 Å². The summed E-state index contributed by atoms with van der Waals surface area (Å²) >= 11 is 0. The number of nitrogens with two attached hydrogens (primary N) is 1. The Morgan fingerprint density at radius 2 is 2.07 bits per heavy atom. The lowest BCUT2D eigenvalue weighted by molar-refractivity contribution is -0.139. The molecule has 80 valence electrons. The third kappa shape index (κ3) is 1.64. The molecule has 1 aliphatic rings. The summed E-state index contributed by atoms with van der Waals surface area (Å²) in [4.78, 5) is 21.8. The van der Waals surface area contributed by atoms with Crippen LogP contribution in [0, 0.1) is 0 Å². The van der Waals surface area contributed by atoms with Crippen molar-refractivity contribution in [2.75, 3.05) is 0 Å². The molecule has 0 atom stereocenters. The van der Waals surface area contributed by atoms with Gasteiger partial charge in [-0.25, -0.2) is 23.1 Å². The quantitative estimate of drug-likeness (QED) is 0.483. The second kappa shape index (κ2) is 2.91. The van der Waals surface area contributed by atoms with Gasteiger partial charge in [-0.05, 0) is 6.07 Å². The van der Waals surface area contributed by atoms with E-state index in [0.717, 1.165) is 12.3 Å². The molecule has 0 spiro atoms. The smallest absolute Gasteiger partial charge is 0.362 e. The highest BCUT2D eigenvalue weighted by Gasteiger charge is 2.27. The lowest BCUT2D eigenvalue weighted by Crippen LogP contribution is -2.26. The van der Waals surface area contributed by atoms with Crippen LogP contribution in [-0.2, 0) is 26.1 Å². The van der Waals surface area contributed by atoms with Gasteiger partial charge in [0.15, 0.2) is 0 Å². The van der Waals surface area contributed by atoms with E-state index in [0.29, 0.717) is 0 Å². The minimum absolute atomic E-state index is 0.00127. The third-order valence-corrected chi connectivity index (χ3v) is 2.80. The van der Waals surface area contributed by atoms with Crippen LogP contribution in [0.25, 0.3) is 0 Å². The zero-order valence-electron chi connectivity index (χ0n) is 7.34. The monoisotopic (exact) mass is 230 g/mol. The molecule has 0 radical (unpaired) electrons. The van der Waals surface area contributed by atoms with Crippen LogP contribution < -0.4 is 5.14 Å². The highest BCUT2D eigenvalue weighted by Crippen LogP contribution is 2.17. The highest BCUT2D eigenvalue weighted by atomic mass is 32.2. The van der Waals surface area contributed by atoms with E-state index in [-0.39, 0.29) is 17.1 Å². The summed E-state index contributed by atoms with van der Waals surface area (Å²) in [6.07, 6.45) is 1.13. The van der Waals surface area contributed by atoms with Crippen molar-refractivity contribution in [3.8, 4) is 0 Å². The summed E-state index contributed by atoms with van der Waals surface area (Å²) in [5.74, 6) is -1.61. The van der Waals surface area contributed by atoms with Crippen molar-refractivity contribution in [2.45, 2.75) is 11.4 Å². The first-order valence-electron chi connectivity index (χ1n) is 3.86. The van der Waals surface area contributed by atoms with Crippen LogP contribution in [0.3, 0.4) is 0 Å². The SMILES string of the molecule is NS(=O)(=O)c1cc2n(c1)CC(=O)OC2=O. The summed E-state index contributed by atoms with van der Waals surface area (Å²) < 4.78 is 27.4. The summed E-state index contributed by atoms with van der Waals surface area (Å²) in [5, 5.41) is 4.87. The van der Waals surface area contributed by atoms with Crippen molar-refractivity contribution < 1.29 is 22.7 Å². The number of esters is 2. The van der Waals surface area contributed by atoms with Gasteiger partial charge in [0.2, 0.25) is 10.0 Å². The van der Waals surface area contributed by atoms with E-state index in [1.54, 1.807) is 0 Å². The van der Waals surface area contributed by atoms with Gasteiger partial charge in [-0.3, -0.25) is 0 Å². The molecule has 0 bridgehead atoms. The molecular weight excluding hydrogens is 224 g/mol. The molecule has 0 fully saturated rings. The number of carbonyl (C=O) groups excluding carboxylic acids is 2. The Balaban J connectivity index is 2.58. The van der Waals surface area contributed by atoms with Gasteiger partial charge in [0.05, 0.1) is 0 Å².